The second-order valence-electron chi connectivity index (χ2n) is 4.66. The normalized spacial score (nSPS) is 12.3. The zero-order chi connectivity index (χ0) is 14.2. The summed E-state index contributed by atoms with van der Waals surface area (Å²) < 4.78 is 5.65. The molecule has 0 fully saturated rings. The van der Waals surface area contributed by atoms with Crippen LogP contribution in [0.25, 0.3) is 0 Å². The van der Waals surface area contributed by atoms with Gasteiger partial charge in [-0.05, 0) is 31.0 Å². The largest absolute Gasteiger partial charge is 0.492 e. The first-order valence-electron chi connectivity index (χ1n) is 7.15. The van der Waals surface area contributed by atoms with Crippen molar-refractivity contribution in [1.29, 1.82) is 0 Å². The van der Waals surface area contributed by atoms with Gasteiger partial charge in [0.25, 0.3) is 0 Å². The van der Waals surface area contributed by atoms with Gasteiger partial charge in [-0.3, -0.25) is 4.98 Å². The molecule has 2 heterocycles. The van der Waals surface area contributed by atoms with Crippen LogP contribution >= 0.6 is 0 Å². The van der Waals surface area contributed by atoms with Gasteiger partial charge in [-0.15, -0.1) is 0 Å². The summed E-state index contributed by atoms with van der Waals surface area (Å²) in [5.74, 6) is 1.70. The standard InChI is InChI=1S/C15H22N4O/c1-3-5-17-14(15-18-6-7-19-15)12-9-13(11-16-10-12)20-8-4-2/h6-7,9-11,14,17H,3-5,8H2,1-2H3,(H,18,19). The van der Waals surface area contributed by atoms with Crippen LogP contribution in [0.1, 0.15) is 44.1 Å². The lowest BCUT2D eigenvalue weighted by Crippen LogP contribution is -2.24. The zero-order valence-corrected chi connectivity index (χ0v) is 12.1. The van der Waals surface area contributed by atoms with Crippen LogP contribution in [0.5, 0.6) is 5.75 Å². The molecule has 5 nitrogen and oxygen atoms in total. The van der Waals surface area contributed by atoms with E-state index in [1.54, 1.807) is 12.4 Å². The van der Waals surface area contributed by atoms with Crippen molar-refractivity contribution >= 4 is 0 Å². The summed E-state index contributed by atoms with van der Waals surface area (Å²) in [5, 5.41) is 3.48. The number of imidazole rings is 1. The minimum absolute atomic E-state index is 0.0163. The molecule has 0 aliphatic rings. The topological polar surface area (TPSA) is 62.8 Å². The fraction of sp³-hybridized carbons (Fsp3) is 0.467. The minimum atomic E-state index is 0.0163. The molecular weight excluding hydrogens is 252 g/mol. The van der Waals surface area contributed by atoms with Crippen LogP contribution in [0.2, 0.25) is 0 Å². The van der Waals surface area contributed by atoms with Crippen molar-refractivity contribution in [1.82, 2.24) is 20.3 Å². The Morgan fingerprint density at radius 1 is 1.30 bits per heavy atom. The maximum Gasteiger partial charge on any atom is 0.137 e. The molecule has 2 rings (SSSR count). The van der Waals surface area contributed by atoms with Crippen LogP contribution in [0.4, 0.5) is 0 Å². The number of aromatic nitrogens is 3. The van der Waals surface area contributed by atoms with Gasteiger partial charge in [0.05, 0.1) is 18.8 Å². The molecule has 2 aromatic rings. The molecule has 0 aliphatic heterocycles. The highest BCUT2D eigenvalue weighted by atomic mass is 16.5. The summed E-state index contributed by atoms with van der Waals surface area (Å²) >= 11 is 0. The molecule has 108 valence electrons. The summed E-state index contributed by atoms with van der Waals surface area (Å²) in [4.78, 5) is 11.8. The molecule has 20 heavy (non-hydrogen) atoms. The molecule has 2 N–H and O–H groups in total. The summed E-state index contributed by atoms with van der Waals surface area (Å²) in [6, 6.07) is 2.04. The molecule has 0 saturated heterocycles. The van der Waals surface area contributed by atoms with Gasteiger partial charge < -0.3 is 15.0 Å². The van der Waals surface area contributed by atoms with Crippen molar-refractivity contribution in [3.05, 3.63) is 42.2 Å². The number of nitrogens with one attached hydrogen (secondary N) is 2. The zero-order valence-electron chi connectivity index (χ0n) is 12.1. The summed E-state index contributed by atoms with van der Waals surface area (Å²) in [5.41, 5.74) is 1.06. The van der Waals surface area contributed by atoms with Gasteiger partial charge in [0.2, 0.25) is 0 Å². The Balaban J connectivity index is 2.19. The van der Waals surface area contributed by atoms with Crippen molar-refractivity contribution < 1.29 is 4.74 Å². The Labute approximate surface area is 119 Å². The fourth-order valence-electron chi connectivity index (χ4n) is 1.99. The van der Waals surface area contributed by atoms with Gasteiger partial charge in [0.15, 0.2) is 0 Å². The Morgan fingerprint density at radius 2 is 2.20 bits per heavy atom. The van der Waals surface area contributed by atoms with E-state index in [2.05, 4.69) is 34.1 Å². The number of hydrogen-bond acceptors (Lipinski definition) is 4. The number of aromatic amines is 1. The number of nitrogens with zero attached hydrogens (tertiary/aromatic N) is 2. The van der Waals surface area contributed by atoms with E-state index in [1.807, 2.05) is 18.5 Å². The van der Waals surface area contributed by atoms with Crippen LogP contribution in [-0.4, -0.2) is 28.1 Å². The predicted molar refractivity (Wildman–Crippen MR) is 78.7 cm³/mol. The second kappa shape index (κ2) is 7.65. The predicted octanol–water partition coefficient (Wildman–Crippen LogP) is 2.68. The average molecular weight is 274 g/mol. The van der Waals surface area contributed by atoms with E-state index in [4.69, 9.17) is 4.74 Å². The summed E-state index contributed by atoms with van der Waals surface area (Å²) in [7, 11) is 0. The molecule has 0 aliphatic carbocycles. The van der Waals surface area contributed by atoms with Gasteiger partial charge in [-0.2, -0.15) is 0 Å². The Morgan fingerprint density at radius 3 is 2.90 bits per heavy atom. The van der Waals surface area contributed by atoms with Gasteiger partial charge in [-0.25, -0.2) is 4.98 Å². The Bertz CT molecular complexity index is 498. The van der Waals surface area contributed by atoms with E-state index in [1.165, 1.54) is 0 Å². The highest BCUT2D eigenvalue weighted by Crippen LogP contribution is 2.22. The molecule has 1 unspecified atom stereocenters. The maximum absolute atomic E-state index is 5.65. The number of pyridine rings is 1. The molecule has 2 aromatic heterocycles. The molecule has 5 heteroatoms. The first kappa shape index (κ1) is 14.5. The van der Waals surface area contributed by atoms with E-state index in [0.29, 0.717) is 6.61 Å². The van der Waals surface area contributed by atoms with E-state index < -0.39 is 0 Å². The van der Waals surface area contributed by atoms with Crippen molar-refractivity contribution in [3.8, 4) is 5.75 Å². The molecule has 0 bridgehead atoms. The van der Waals surface area contributed by atoms with Crippen LogP contribution in [0, 0.1) is 0 Å². The highest BCUT2D eigenvalue weighted by Gasteiger charge is 2.16. The summed E-state index contributed by atoms with van der Waals surface area (Å²) in [6.07, 6.45) is 9.26. The number of H-pyrrole nitrogens is 1. The number of ether oxygens (including phenoxy) is 1. The molecule has 0 amide bonds. The molecule has 0 spiro atoms. The minimum Gasteiger partial charge on any atom is -0.492 e. The van der Waals surface area contributed by atoms with Crippen molar-refractivity contribution in [2.45, 2.75) is 32.7 Å². The van der Waals surface area contributed by atoms with Crippen LogP contribution in [-0.2, 0) is 0 Å². The molecule has 0 radical (unpaired) electrons. The van der Waals surface area contributed by atoms with Crippen LogP contribution < -0.4 is 10.1 Å². The van der Waals surface area contributed by atoms with Gasteiger partial charge in [-0.1, -0.05) is 13.8 Å². The molecule has 0 aromatic carbocycles. The quantitative estimate of drug-likeness (QED) is 0.777. The highest BCUT2D eigenvalue weighted by molar-refractivity contribution is 5.29. The monoisotopic (exact) mass is 274 g/mol. The third-order valence-electron chi connectivity index (χ3n) is 2.93. The lowest BCUT2D eigenvalue weighted by molar-refractivity contribution is 0.315. The first-order chi connectivity index (χ1) is 9.85. The third kappa shape index (κ3) is 3.81. The summed E-state index contributed by atoms with van der Waals surface area (Å²) in [6.45, 7) is 5.86. The average Bonchev–Trinajstić information content (AvgIpc) is 3.00. The second-order valence-corrected chi connectivity index (χ2v) is 4.66. The van der Waals surface area contributed by atoms with Crippen LogP contribution in [0.15, 0.2) is 30.9 Å². The van der Waals surface area contributed by atoms with E-state index >= 15 is 0 Å². The number of hydrogen-bond donors (Lipinski definition) is 2. The van der Waals surface area contributed by atoms with Crippen LogP contribution in [0.3, 0.4) is 0 Å². The Kier molecular flexibility index (Phi) is 5.55. The van der Waals surface area contributed by atoms with Gasteiger partial charge in [0, 0.05) is 18.6 Å². The SMILES string of the molecule is CCCNC(c1cncc(OCCC)c1)c1ncc[nH]1. The van der Waals surface area contributed by atoms with Crippen molar-refractivity contribution in [3.63, 3.8) is 0 Å². The van der Waals surface area contributed by atoms with E-state index in [0.717, 1.165) is 36.5 Å². The van der Waals surface area contributed by atoms with Gasteiger partial charge >= 0.3 is 0 Å². The van der Waals surface area contributed by atoms with Gasteiger partial charge in [0.1, 0.15) is 11.6 Å². The van der Waals surface area contributed by atoms with E-state index in [9.17, 15) is 0 Å². The number of rotatable bonds is 8. The third-order valence-corrected chi connectivity index (χ3v) is 2.93. The van der Waals surface area contributed by atoms with Crippen molar-refractivity contribution in [2.24, 2.45) is 0 Å². The fourth-order valence-corrected chi connectivity index (χ4v) is 1.99. The smallest absolute Gasteiger partial charge is 0.137 e. The Hall–Kier alpha value is -1.88. The first-order valence-corrected chi connectivity index (χ1v) is 7.15. The lowest BCUT2D eigenvalue weighted by atomic mass is 10.1. The van der Waals surface area contributed by atoms with E-state index in [-0.39, 0.29) is 6.04 Å². The molecule has 0 saturated carbocycles. The van der Waals surface area contributed by atoms with Crippen molar-refractivity contribution in [2.75, 3.05) is 13.2 Å². The molecular formula is C15H22N4O. The molecule has 1 atom stereocenters. The lowest BCUT2D eigenvalue weighted by Gasteiger charge is -2.17. The maximum atomic E-state index is 5.65.